The van der Waals surface area contributed by atoms with Crippen molar-refractivity contribution in [2.45, 2.75) is 37.8 Å². The molecular weight excluding hydrogens is 278 g/mol. The molecule has 1 saturated heterocycles. The van der Waals surface area contributed by atoms with Crippen LogP contribution in [0.15, 0.2) is 18.2 Å². The molecule has 1 saturated carbocycles. The molecule has 1 N–H and O–H groups in total. The number of hydrogen-bond donors (Lipinski definition) is 1. The van der Waals surface area contributed by atoms with Crippen molar-refractivity contribution >= 4 is 23.4 Å². The van der Waals surface area contributed by atoms with Crippen LogP contribution >= 0.6 is 11.6 Å². The minimum absolute atomic E-state index is 0.0413. The van der Waals surface area contributed by atoms with Crippen LogP contribution in [0, 0.1) is 0 Å². The number of rotatable bonds is 3. The van der Waals surface area contributed by atoms with Crippen molar-refractivity contribution in [3.8, 4) is 0 Å². The van der Waals surface area contributed by atoms with Crippen molar-refractivity contribution in [3.05, 3.63) is 29.0 Å². The molecule has 2 fully saturated rings. The first-order chi connectivity index (χ1) is 9.65. The maximum atomic E-state index is 12.4. The van der Waals surface area contributed by atoms with Gasteiger partial charge in [-0.2, -0.15) is 0 Å². The molecular formula is C14H16ClN3O2. The van der Waals surface area contributed by atoms with Crippen LogP contribution in [-0.2, 0) is 4.79 Å². The SMILES string of the molecule is O=C(NC1CC1)C1CCCN1C(=O)c1cccc(Cl)n1. The largest absolute Gasteiger partial charge is 0.352 e. The molecule has 3 rings (SSSR count). The Bertz CT molecular complexity index is 545. The van der Waals surface area contributed by atoms with Gasteiger partial charge in [0.15, 0.2) is 0 Å². The third-order valence-electron chi connectivity index (χ3n) is 3.67. The van der Waals surface area contributed by atoms with Crippen molar-refractivity contribution in [1.82, 2.24) is 15.2 Å². The fourth-order valence-corrected chi connectivity index (χ4v) is 2.65. The molecule has 6 heteroatoms. The second-order valence-corrected chi connectivity index (χ2v) is 5.67. The molecule has 1 aromatic heterocycles. The summed E-state index contributed by atoms with van der Waals surface area (Å²) in [6.45, 7) is 0.593. The lowest BCUT2D eigenvalue weighted by molar-refractivity contribution is -0.125. The van der Waals surface area contributed by atoms with E-state index in [1.54, 1.807) is 23.1 Å². The van der Waals surface area contributed by atoms with Gasteiger partial charge in [-0.15, -0.1) is 0 Å². The van der Waals surface area contributed by atoms with Crippen molar-refractivity contribution in [2.24, 2.45) is 0 Å². The molecule has 0 bridgehead atoms. The maximum Gasteiger partial charge on any atom is 0.273 e. The Morgan fingerprint density at radius 3 is 2.80 bits per heavy atom. The molecule has 5 nitrogen and oxygen atoms in total. The fourth-order valence-electron chi connectivity index (χ4n) is 2.48. The van der Waals surface area contributed by atoms with E-state index in [0.29, 0.717) is 24.7 Å². The molecule has 2 amide bonds. The van der Waals surface area contributed by atoms with Crippen molar-refractivity contribution in [2.75, 3.05) is 6.54 Å². The monoisotopic (exact) mass is 293 g/mol. The number of nitrogens with zero attached hydrogens (tertiary/aromatic N) is 2. The Labute approximate surface area is 122 Å². The number of nitrogens with one attached hydrogen (secondary N) is 1. The standard InChI is InChI=1S/C14H16ClN3O2/c15-12-5-1-3-10(17-12)14(20)18-8-2-4-11(18)13(19)16-9-6-7-9/h1,3,5,9,11H,2,4,6-8H2,(H,16,19). The second kappa shape index (κ2) is 5.40. The minimum Gasteiger partial charge on any atom is -0.352 e. The van der Waals surface area contributed by atoms with Crippen LogP contribution in [0.5, 0.6) is 0 Å². The molecule has 1 aromatic rings. The number of amides is 2. The molecule has 0 radical (unpaired) electrons. The molecule has 2 aliphatic rings. The average molecular weight is 294 g/mol. The zero-order valence-electron chi connectivity index (χ0n) is 11.0. The van der Waals surface area contributed by atoms with E-state index in [-0.39, 0.29) is 23.0 Å². The van der Waals surface area contributed by atoms with Gasteiger partial charge in [0.25, 0.3) is 5.91 Å². The van der Waals surface area contributed by atoms with Gasteiger partial charge >= 0.3 is 0 Å². The number of carbonyl (C=O) groups is 2. The predicted molar refractivity (Wildman–Crippen MR) is 74.5 cm³/mol. The molecule has 106 valence electrons. The summed E-state index contributed by atoms with van der Waals surface area (Å²) in [5.74, 6) is -0.263. The summed E-state index contributed by atoms with van der Waals surface area (Å²) in [5.41, 5.74) is 0.295. The van der Waals surface area contributed by atoms with E-state index in [1.807, 2.05) is 0 Å². The molecule has 1 atom stereocenters. The normalized spacial score (nSPS) is 21.9. The zero-order valence-corrected chi connectivity index (χ0v) is 11.8. The highest BCUT2D eigenvalue weighted by molar-refractivity contribution is 6.29. The van der Waals surface area contributed by atoms with Gasteiger partial charge in [-0.1, -0.05) is 17.7 Å². The van der Waals surface area contributed by atoms with E-state index >= 15 is 0 Å². The van der Waals surface area contributed by atoms with E-state index in [9.17, 15) is 9.59 Å². The van der Waals surface area contributed by atoms with E-state index in [2.05, 4.69) is 10.3 Å². The van der Waals surface area contributed by atoms with Crippen LogP contribution in [0.3, 0.4) is 0 Å². The van der Waals surface area contributed by atoms with Crippen molar-refractivity contribution < 1.29 is 9.59 Å². The van der Waals surface area contributed by atoms with Gasteiger partial charge < -0.3 is 10.2 Å². The van der Waals surface area contributed by atoms with Crippen molar-refractivity contribution in [1.29, 1.82) is 0 Å². The van der Waals surface area contributed by atoms with Crippen molar-refractivity contribution in [3.63, 3.8) is 0 Å². The third-order valence-corrected chi connectivity index (χ3v) is 3.88. The average Bonchev–Trinajstić information content (AvgIpc) is 3.10. The van der Waals surface area contributed by atoms with E-state index in [4.69, 9.17) is 11.6 Å². The highest BCUT2D eigenvalue weighted by atomic mass is 35.5. The second-order valence-electron chi connectivity index (χ2n) is 5.28. The van der Waals surface area contributed by atoms with Crippen LogP contribution in [-0.4, -0.2) is 40.3 Å². The first-order valence-corrected chi connectivity index (χ1v) is 7.27. The summed E-state index contributed by atoms with van der Waals surface area (Å²) >= 11 is 5.81. The Kier molecular flexibility index (Phi) is 3.61. The predicted octanol–water partition coefficient (Wildman–Crippen LogP) is 1.62. The van der Waals surface area contributed by atoms with Gasteiger partial charge in [-0.3, -0.25) is 9.59 Å². The van der Waals surface area contributed by atoms with Gasteiger partial charge in [-0.25, -0.2) is 4.98 Å². The summed E-state index contributed by atoms with van der Waals surface area (Å²) in [4.78, 5) is 30.2. The first kappa shape index (κ1) is 13.4. The third kappa shape index (κ3) is 2.77. The Morgan fingerprint density at radius 1 is 1.30 bits per heavy atom. The number of aromatic nitrogens is 1. The highest BCUT2D eigenvalue weighted by Gasteiger charge is 2.37. The summed E-state index contributed by atoms with van der Waals surface area (Å²) in [7, 11) is 0. The van der Waals surface area contributed by atoms with E-state index in [0.717, 1.165) is 19.3 Å². The number of carbonyl (C=O) groups excluding carboxylic acids is 2. The number of pyridine rings is 1. The number of hydrogen-bond acceptors (Lipinski definition) is 3. The van der Waals surface area contributed by atoms with Gasteiger partial charge in [0.2, 0.25) is 5.91 Å². The molecule has 0 spiro atoms. The summed E-state index contributed by atoms with van der Waals surface area (Å²) in [6.07, 6.45) is 3.64. The topological polar surface area (TPSA) is 62.3 Å². The first-order valence-electron chi connectivity index (χ1n) is 6.89. The quantitative estimate of drug-likeness (QED) is 0.862. The number of likely N-dealkylation sites (tertiary alicyclic amines) is 1. The Hall–Kier alpha value is -1.62. The molecule has 20 heavy (non-hydrogen) atoms. The molecule has 2 heterocycles. The molecule has 1 aliphatic heterocycles. The van der Waals surface area contributed by atoms with Gasteiger partial charge in [0.05, 0.1) is 0 Å². The van der Waals surface area contributed by atoms with Crippen LogP contribution in [0.4, 0.5) is 0 Å². The van der Waals surface area contributed by atoms with Gasteiger partial charge in [0, 0.05) is 12.6 Å². The van der Waals surface area contributed by atoms with Crippen LogP contribution < -0.4 is 5.32 Å². The Balaban J connectivity index is 1.73. The lowest BCUT2D eigenvalue weighted by atomic mass is 10.2. The lowest BCUT2D eigenvalue weighted by Crippen LogP contribution is -2.46. The van der Waals surface area contributed by atoms with Gasteiger partial charge in [0.1, 0.15) is 16.9 Å². The van der Waals surface area contributed by atoms with Gasteiger partial charge in [-0.05, 0) is 37.8 Å². The molecule has 1 unspecified atom stereocenters. The number of halogens is 1. The fraction of sp³-hybridized carbons (Fsp3) is 0.500. The summed E-state index contributed by atoms with van der Waals surface area (Å²) in [5, 5.41) is 3.25. The molecule has 1 aliphatic carbocycles. The van der Waals surface area contributed by atoms with Crippen LogP contribution in [0.1, 0.15) is 36.2 Å². The Morgan fingerprint density at radius 2 is 2.10 bits per heavy atom. The van der Waals surface area contributed by atoms with Crippen LogP contribution in [0.25, 0.3) is 0 Å². The maximum absolute atomic E-state index is 12.4. The molecule has 0 aromatic carbocycles. The zero-order chi connectivity index (χ0) is 14.1. The van der Waals surface area contributed by atoms with E-state index in [1.165, 1.54) is 0 Å². The highest BCUT2D eigenvalue weighted by Crippen LogP contribution is 2.23. The van der Waals surface area contributed by atoms with Crippen LogP contribution in [0.2, 0.25) is 5.15 Å². The van der Waals surface area contributed by atoms with E-state index < -0.39 is 0 Å². The smallest absolute Gasteiger partial charge is 0.273 e. The minimum atomic E-state index is -0.371. The lowest BCUT2D eigenvalue weighted by Gasteiger charge is -2.23. The summed E-state index contributed by atoms with van der Waals surface area (Å²) < 4.78 is 0. The summed E-state index contributed by atoms with van der Waals surface area (Å²) in [6, 6.07) is 4.88.